The molecule has 158 valence electrons. The van der Waals surface area contributed by atoms with Gasteiger partial charge in [-0.25, -0.2) is 0 Å². The molecular weight excluding hydrogens is 404 g/mol. The fraction of sp³-hybridized carbons (Fsp3) is 0.556. The molecule has 1 aromatic rings. The highest BCUT2D eigenvalue weighted by Crippen LogP contribution is 2.16. The topological polar surface area (TPSA) is 119 Å². The summed E-state index contributed by atoms with van der Waals surface area (Å²) in [6.07, 6.45) is 2.39. The van der Waals surface area contributed by atoms with E-state index in [4.69, 9.17) is 5.73 Å². The zero-order valence-electron chi connectivity index (χ0n) is 16.6. The number of nitrogens with one attached hydrogen (secondary N) is 1. The molecule has 10 heteroatoms. The number of non-ortho nitro benzene ring substituents is 1. The quantitative estimate of drug-likeness (QED) is 0.432. The van der Waals surface area contributed by atoms with Gasteiger partial charge in [0.15, 0.2) is 0 Å². The van der Waals surface area contributed by atoms with Crippen molar-refractivity contribution in [2.24, 2.45) is 11.1 Å². The number of halogens is 1. The van der Waals surface area contributed by atoms with Gasteiger partial charge in [0.1, 0.15) is 6.04 Å². The van der Waals surface area contributed by atoms with E-state index in [0.717, 1.165) is 0 Å². The van der Waals surface area contributed by atoms with Crippen LogP contribution in [0.5, 0.6) is 0 Å². The van der Waals surface area contributed by atoms with Gasteiger partial charge in [-0.3, -0.25) is 19.7 Å². The highest BCUT2D eigenvalue weighted by atomic mass is 35.5. The average Bonchev–Trinajstić information content (AvgIpc) is 2.64. The number of nitrogens with zero attached hydrogens (tertiary/aromatic N) is 2. The maximum absolute atomic E-state index is 12.8. The van der Waals surface area contributed by atoms with Crippen LogP contribution in [0.25, 0.3) is 0 Å². The first kappa shape index (κ1) is 26.2. The van der Waals surface area contributed by atoms with E-state index in [0.29, 0.717) is 25.3 Å². The molecule has 1 rings (SSSR count). The number of carbonyl (C=O) groups excluding carboxylic acids is 2. The first-order valence-electron chi connectivity index (χ1n) is 8.60. The lowest BCUT2D eigenvalue weighted by atomic mass is 9.93. The lowest BCUT2D eigenvalue weighted by molar-refractivity contribution is -0.384. The number of likely N-dealkylation sites (N-methyl/N-ethyl adjacent to an activating group) is 1. The zero-order valence-corrected chi connectivity index (χ0v) is 18.3. The van der Waals surface area contributed by atoms with Crippen LogP contribution in [0, 0.1) is 15.5 Å². The van der Waals surface area contributed by atoms with Crippen molar-refractivity contribution in [3.05, 3.63) is 39.9 Å². The summed E-state index contributed by atoms with van der Waals surface area (Å²) in [5.74, 6) is -0.0197. The van der Waals surface area contributed by atoms with Gasteiger partial charge in [0.25, 0.3) is 11.6 Å². The van der Waals surface area contributed by atoms with Crippen LogP contribution in [0.15, 0.2) is 24.3 Å². The van der Waals surface area contributed by atoms with Gasteiger partial charge in [-0.15, -0.1) is 12.4 Å². The second kappa shape index (κ2) is 11.9. The second-order valence-corrected chi connectivity index (χ2v) is 8.16. The van der Waals surface area contributed by atoms with E-state index in [1.807, 2.05) is 20.1 Å². The molecule has 0 radical (unpaired) electrons. The molecule has 0 aliphatic carbocycles. The molecule has 1 aromatic carbocycles. The number of benzene rings is 1. The summed E-state index contributed by atoms with van der Waals surface area (Å²) < 4.78 is 0. The zero-order chi connectivity index (χ0) is 20.6. The Hall–Kier alpha value is -1.84. The first-order valence-corrected chi connectivity index (χ1v) is 10.00. The Labute approximate surface area is 176 Å². The number of nitro benzene ring substituents is 1. The van der Waals surface area contributed by atoms with E-state index in [9.17, 15) is 19.7 Å². The minimum atomic E-state index is -0.706. The molecule has 8 nitrogen and oxygen atoms in total. The van der Waals surface area contributed by atoms with Crippen LogP contribution in [0.4, 0.5) is 5.69 Å². The average molecular weight is 433 g/mol. The largest absolute Gasteiger partial charge is 0.343 e. The summed E-state index contributed by atoms with van der Waals surface area (Å²) in [6, 6.07) is 4.74. The molecule has 3 N–H and O–H groups in total. The van der Waals surface area contributed by atoms with Crippen molar-refractivity contribution in [1.82, 2.24) is 10.2 Å². The molecule has 0 bridgehead atoms. The second-order valence-electron chi connectivity index (χ2n) is 7.18. The number of nitro groups is 1. The van der Waals surface area contributed by atoms with Crippen LogP contribution in [0.2, 0.25) is 0 Å². The fourth-order valence-corrected chi connectivity index (χ4v) is 3.02. The van der Waals surface area contributed by atoms with E-state index in [2.05, 4.69) is 5.32 Å². The van der Waals surface area contributed by atoms with Crippen LogP contribution in [0.3, 0.4) is 0 Å². The van der Waals surface area contributed by atoms with Crippen LogP contribution in [-0.4, -0.2) is 59.8 Å². The van der Waals surface area contributed by atoms with Crippen LogP contribution >= 0.6 is 24.2 Å². The van der Waals surface area contributed by atoms with E-state index in [1.165, 1.54) is 24.3 Å². The minimum Gasteiger partial charge on any atom is -0.343 e. The number of hydrogen-bond acceptors (Lipinski definition) is 6. The highest BCUT2D eigenvalue weighted by Gasteiger charge is 2.28. The monoisotopic (exact) mass is 432 g/mol. The van der Waals surface area contributed by atoms with E-state index in [-0.39, 0.29) is 35.0 Å². The first-order chi connectivity index (χ1) is 12.6. The molecule has 0 spiro atoms. The lowest BCUT2D eigenvalue weighted by Gasteiger charge is -2.31. The summed E-state index contributed by atoms with van der Waals surface area (Å²) >= 11 is 1.57. The van der Waals surface area contributed by atoms with Crippen molar-refractivity contribution in [2.75, 3.05) is 32.1 Å². The standard InChI is InChI=1S/C18H28N4O4S.ClH/c1-18(2,11-19)12-21(3)17(24)15(8-9-27-4)20-16(23)13-6-5-7-14(10-13)22(25)26;/h5-7,10,15H,8-9,11-12,19H2,1-4H3,(H,20,23);1H. The third-order valence-electron chi connectivity index (χ3n) is 4.13. The van der Waals surface area contributed by atoms with Crippen LogP contribution < -0.4 is 11.1 Å². The summed E-state index contributed by atoms with van der Waals surface area (Å²) in [5.41, 5.74) is 5.48. The third kappa shape index (κ3) is 8.04. The van der Waals surface area contributed by atoms with Gasteiger partial charge in [-0.1, -0.05) is 19.9 Å². The molecule has 0 saturated heterocycles. The number of rotatable bonds is 10. The van der Waals surface area contributed by atoms with Gasteiger partial charge in [-0.05, 0) is 36.5 Å². The number of amides is 2. The van der Waals surface area contributed by atoms with E-state index in [1.54, 1.807) is 23.7 Å². The predicted molar refractivity (Wildman–Crippen MR) is 115 cm³/mol. The Kier molecular flexibility index (Phi) is 11.1. The fourth-order valence-electron chi connectivity index (χ4n) is 2.55. The maximum Gasteiger partial charge on any atom is 0.270 e. The molecule has 0 aromatic heterocycles. The molecule has 0 heterocycles. The van der Waals surface area contributed by atoms with Crippen molar-refractivity contribution in [3.8, 4) is 0 Å². The van der Waals surface area contributed by atoms with Gasteiger partial charge in [-0.2, -0.15) is 11.8 Å². The summed E-state index contributed by atoms with van der Waals surface area (Å²) in [5, 5.41) is 13.6. The van der Waals surface area contributed by atoms with Gasteiger partial charge in [0.05, 0.1) is 4.92 Å². The molecule has 2 amide bonds. The SMILES string of the molecule is CSCCC(NC(=O)c1cccc([N+](=O)[O-])c1)C(=O)N(C)CC(C)(C)CN.Cl. The van der Waals surface area contributed by atoms with Gasteiger partial charge in [0.2, 0.25) is 5.91 Å². The maximum atomic E-state index is 12.8. The van der Waals surface area contributed by atoms with E-state index < -0.39 is 16.9 Å². The number of hydrogen-bond donors (Lipinski definition) is 2. The molecule has 0 aliphatic rings. The number of nitrogens with two attached hydrogens (primary N) is 1. The molecule has 1 atom stereocenters. The van der Waals surface area contributed by atoms with E-state index >= 15 is 0 Å². The molecular formula is C18H29ClN4O4S. The summed E-state index contributed by atoms with van der Waals surface area (Å²) in [7, 11) is 1.69. The number of carbonyl (C=O) groups is 2. The van der Waals surface area contributed by atoms with Crippen molar-refractivity contribution >= 4 is 41.7 Å². The predicted octanol–water partition coefficient (Wildman–Crippen LogP) is 2.31. The van der Waals surface area contributed by atoms with Crippen LogP contribution in [-0.2, 0) is 4.79 Å². The van der Waals surface area contributed by atoms with Crippen molar-refractivity contribution in [1.29, 1.82) is 0 Å². The smallest absolute Gasteiger partial charge is 0.270 e. The van der Waals surface area contributed by atoms with Crippen LogP contribution in [0.1, 0.15) is 30.6 Å². The molecule has 0 fully saturated rings. The number of thioether (sulfide) groups is 1. The Morgan fingerprint density at radius 3 is 2.57 bits per heavy atom. The summed E-state index contributed by atoms with van der Waals surface area (Å²) in [6.45, 7) is 4.83. The van der Waals surface area contributed by atoms with Gasteiger partial charge in [0, 0.05) is 31.3 Å². The molecule has 28 heavy (non-hydrogen) atoms. The lowest BCUT2D eigenvalue weighted by Crippen LogP contribution is -2.50. The summed E-state index contributed by atoms with van der Waals surface area (Å²) in [4.78, 5) is 37.3. The van der Waals surface area contributed by atoms with Gasteiger partial charge < -0.3 is 16.0 Å². The Morgan fingerprint density at radius 2 is 2.04 bits per heavy atom. The minimum absolute atomic E-state index is 0. The highest BCUT2D eigenvalue weighted by molar-refractivity contribution is 7.98. The molecule has 0 saturated carbocycles. The Morgan fingerprint density at radius 1 is 1.39 bits per heavy atom. The Bertz CT molecular complexity index is 687. The van der Waals surface area contributed by atoms with Crippen molar-refractivity contribution < 1.29 is 14.5 Å². The molecule has 0 aliphatic heterocycles. The third-order valence-corrected chi connectivity index (χ3v) is 4.77. The van der Waals surface area contributed by atoms with Crippen molar-refractivity contribution in [2.45, 2.75) is 26.3 Å². The molecule has 1 unspecified atom stereocenters. The normalized spacial score (nSPS) is 11.9. The Balaban J connectivity index is 0.00000729. The van der Waals surface area contributed by atoms with Crippen molar-refractivity contribution in [3.63, 3.8) is 0 Å². The van der Waals surface area contributed by atoms with Gasteiger partial charge >= 0.3 is 0 Å².